The summed E-state index contributed by atoms with van der Waals surface area (Å²) in [6.07, 6.45) is 3.80. The topological polar surface area (TPSA) is 57.6 Å². The van der Waals surface area contributed by atoms with Crippen molar-refractivity contribution in [1.82, 2.24) is 14.4 Å². The van der Waals surface area contributed by atoms with E-state index in [2.05, 4.69) is 5.32 Å². The first-order valence-electron chi connectivity index (χ1n) is 10.7. The van der Waals surface area contributed by atoms with Gasteiger partial charge >= 0.3 is 6.03 Å². The van der Waals surface area contributed by atoms with Gasteiger partial charge in [0.1, 0.15) is 6.54 Å². The van der Waals surface area contributed by atoms with E-state index >= 15 is 0 Å². The second-order valence-corrected chi connectivity index (χ2v) is 8.58. The second kappa shape index (κ2) is 9.92. The molecule has 0 saturated heterocycles. The maximum atomic E-state index is 13.4. The zero-order chi connectivity index (χ0) is 22.5. The molecule has 2 aromatic carbocycles. The molecule has 1 aliphatic rings. The van der Waals surface area contributed by atoms with Gasteiger partial charge in [0.05, 0.1) is 6.54 Å². The number of benzene rings is 2. The number of carbonyl (C=O) groups is 2. The van der Waals surface area contributed by atoms with E-state index in [4.69, 9.17) is 11.6 Å². The van der Waals surface area contributed by atoms with Crippen molar-refractivity contribution in [3.63, 3.8) is 0 Å². The Labute approximate surface area is 193 Å². The molecule has 1 aromatic heterocycles. The van der Waals surface area contributed by atoms with E-state index in [9.17, 15) is 9.59 Å². The van der Waals surface area contributed by atoms with Gasteiger partial charge in [0.15, 0.2) is 0 Å². The first-order valence-corrected chi connectivity index (χ1v) is 11.1. The van der Waals surface area contributed by atoms with Crippen LogP contribution in [0.25, 0.3) is 0 Å². The molecule has 166 valence electrons. The minimum Gasteiger partial charge on any atom is -0.353 e. The molecule has 1 aliphatic carbocycles. The van der Waals surface area contributed by atoms with Crippen LogP contribution < -0.4 is 5.32 Å². The van der Waals surface area contributed by atoms with Crippen molar-refractivity contribution in [2.75, 3.05) is 11.9 Å². The van der Waals surface area contributed by atoms with Crippen molar-refractivity contribution in [2.45, 2.75) is 32.0 Å². The molecule has 0 unspecified atom stereocenters. The SMILES string of the molecule is Cn1cccc1CN(Cc1ccccc1)C(=O)CN(C(=O)Nc1ccc(Cl)cc1)C1CC1. The molecular formula is C25H27ClN4O2. The van der Waals surface area contributed by atoms with Crippen molar-refractivity contribution in [3.05, 3.63) is 89.2 Å². The van der Waals surface area contributed by atoms with Crippen molar-refractivity contribution >= 4 is 29.2 Å². The molecule has 32 heavy (non-hydrogen) atoms. The van der Waals surface area contributed by atoms with Gasteiger partial charge in [-0.15, -0.1) is 0 Å². The Bertz CT molecular complexity index is 1060. The van der Waals surface area contributed by atoms with Crippen molar-refractivity contribution in [3.8, 4) is 0 Å². The second-order valence-electron chi connectivity index (χ2n) is 8.14. The minimum atomic E-state index is -0.262. The van der Waals surface area contributed by atoms with E-state index in [1.165, 1.54) is 0 Å². The van der Waals surface area contributed by atoms with Crippen LogP contribution in [0.3, 0.4) is 0 Å². The number of hydrogen-bond acceptors (Lipinski definition) is 2. The van der Waals surface area contributed by atoms with Gasteiger partial charge < -0.3 is 19.7 Å². The zero-order valence-electron chi connectivity index (χ0n) is 18.1. The van der Waals surface area contributed by atoms with E-state index in [-0.39, 0.29) is 24.5 Å². The van der Waals surface area contributed by atoms with Gasteiger partial charge in [0.25, 0.3) is 0 Å². The lowest BCUT2D eigenvalue weighted by Crippen LogP contribution is -2.45. The smallest absolute Gasteiger partial charge is 0.322 e. The fourth-order valence-corrected chi connectivity index (χ4v) is 3.75. The van der Waals surface area contributed by atoms with E-state index < -0.39 is 0 Å². The van der Waals surface area contributed by atoms with Gasteiger partial charge in [-0.2, -0.15) is 0 Å². The van der Waals surface area contributed by atoms with E-state index in [1.54, 1.807) is 29.2 Å². The number of amides is 3. The molecule has 1 N–H and O–H groups in total. The van der Waals surface area contributed by atoms with Crippen LogP contribution in [0.1, 0.15) is 24.1 Å². The normalized spacial score (nSPS) is 12.9. The highest BCUT2D eigenvalue weighted by Crippen LogP contribution is 2.28. The molecule has 1 saturated carbocycles. The van der Waals surface area contributed by atoms with Gasteiger partial charge in [0, 0.05) is 42.2 Å². The Morgan fingerprint density at radius 1 is 1.00 bits per heavy atom. The molecular weight excluding hydrogens is 424 g/mol. The highest BCUT2D eigenvalue weighted by Gasteiger charge is 2.35. The first kappa shape index (κ1) is 22.0. The average Bonchev–Trinajstić information content (AvgIpc) is 3.55. The predicted octanol–water partition coefficient (Wildman–Crippen LogP) is 4.90. The number of urea groups is 1. The molecule has 4 rings (SSSR count). The third-order valence-corrected chi connectivity index (χ3v) is 5.87. The third kappa shape index (κ3) is 5.71. The molecule has 1 fully saturated rings. The lowest BCUT2D eigenvalue weighted by atomic mass is 10.2. The summed E-state index contributed by atoms with van der Waals surface area (Å²) in [6.45, 7) is 1.01. The van der Waals surface area contributed by atoms with Crippen LogP contribution in [0.2, 0.25) is 5.02 Å². The van der Waals surface area contributed by atoms with Crippen molar-refractivity contribution in [2.24, 2.45) is 7.05 Å². The first-order chi connectivity index (χ1) is 15.5. The summed E-state index contributed by atoms with van der Waals surface area (Å²) in [5.41, 5.74) is 2.75. The molecule has 6 nitrogen and oxygen atoms in total. The van der Waals surface area contributed by atoms with Crippen LogP contribution in [-0.2, 0) is 24.9 Å². The Morgan fingerprint density at radius 3 is 2.34 bits per heavy atom. The van der Waals surface area contributed by atoms with Crippen LogP contribution >= 0.6 is 11.6 Å². The molecule has 0 atom stereocenters. The number of rotatable bonds is 8. The highest BCUT2D eigenvalue weighted by molar-refractivity contribution is 6.30. The summed E-state index contributed by atoms with van der Waals surface area (Å²) in [6, 6.07) is 20.7. The van der Waals surface area contributed by atoms with Gasteiger partial charge in [-0.1, -0.05) is 41.9 Å². The van der Waals surface area contributed by atoms with Crippen LogP contribution in [0.4, 0.5) is 10.5 Å². The van der Waals surface area contributed by atoms with Crippen molar-refractivity contribution in [1.29, 1.82) is 0 Å². The Kier molecular flexibility index (Phi) is 6.81. The van der Waals surface area contributed by atoms with E-state index in [0.717, 1.165) is 24.1 Å². The molecule has 0 bridgehead atoms. The van der Waals surface area contributed by atoms with E-state index in [1.807, 2.05) is 65.2 Å². The van der Waals surface area contributed by atoms with Crippen LogP contribution in [-0.4, -0.2) is 38.9 Å². The monoisotopic (exact) mass is 450 g/mol. The number of nitrogens with one attached hydrogen (secondary N) is 1. The van der Waals surface area contributed by atoms with Crippen LogP contribution in [0.5, 0.6) is 0 Å². The number of hydrogen-bond donors (Lipinski definition) is 1. The van der Waals surface area contributed by atoms with Crippen LogP contribution in [0, 0.1) is 0 Å². The fourth-order valence-electron chi connectivity index (χ4n) is 3.62. The van der Waals surface area contributed by atoms with Crippen molar-refractivity contribution < 1.29 is 9.59 Å². The van der Waals surface area contributed by atoms with Crippen LogP contribution in [0.15, 0.2) is 72.9 Å². The van der Waals surface area contributed by atoms with Gasteiger partial charge in [-0.3, -0.25) is 4.79 Å². The predicted molar refractivity (Wildman–Crippen MR) is 126 cm³/mol. The molecule has 1 heterocycles. The van der Waals surface area contributed by atoms with E-state index in [0.29, 0.717) is 23.8 Å². The summed E-state index contributed by atoms with van der Waals surface area (Å²) < 4.78 is 2.01. The summed E-state index contributed by atoms with van der Waals surface area (Å²) in [5, 5.41) is 3.50. The number of anilines is 1. The number of nitrogens with zero attached hydrogens (tertiary/aromatic N) is 3. The standard InChI is InChI=1S/C25H27ClN4O2/c1-28-15-5-8-23(28)17-29(16-19-6-3-2-4-7-19)24(31)18-30(22-13-14-22)25(32)27-21-11-9-20(26)10-12-21/h2-12,15,22H,13-14,16-18H2,1H3,(H,27,32). The molecule has 0 spiro atoms. The Hall–Kier alpha value is -3.25. The molecule has 7 heteroatoms. The number of halogens is 1. The minimum absolute atomic E-state index is 0.0430. The molecule has 3 aromatic rings. The lowest BCUT2D eigenvalue weighted by Gasteiger charge is -2.28. The lowest BCUT2D eigenvalue weighted by molar-refractivity contribution is -0.133. The Morgan fingerprint density at radius 2 is 1.72 bits per heavy atom. The average molecular weight is 451 g/mol. The summed E-state index contributed by atoms with van der Waals surface area (Å²) >= 11 is 5.94. The summed E-state index contributed by atoms with van der Waals surface area (Å²) in [5.74, 6) is -0.0757. The molecule has 0 aliphatic heterocycles. The largest absolute Gasteiger partial charge is 0.353 e. The van der Waals surface area contributed by atoms with Gasteiger partial charge in [0.2, 0.25) is 5.91 Å². The number of aryl methyl sites for hydroxylation is 1. The highest BCUT2D eigenvalue weighted by atomic mass is 35.5. The maximum absolute atomic E-state index is 13.4. The summed E-state index contributed by atoms with van der Waals surface area (Å²) in [4.78, 5) is 29.8. The third-order valence-electron chi connectivity index (χ3n) is 5.62. The maximum Gasteiger partial charge on any atom is 0.322 e. The fraction of sp³-hybridized carbons (Fsp3) is 0.280. The molecule has 3 amide bonds. The number of aromatic nitrogens is 1. The zero-order valence-corrected chi connectivity index (χ0v) is 18.8. The Balaban J connectivity index is 1.48. The van der Waals surface area contributed by atoms with Gasteiger partial charge in [-0.25, -0.2) is 4.79 Å². The molecule has 0 radical (unpaired) electrons. The summed E-state index contributed by atoms with van der Waals surface area (Å²) in [7, 11) is 1.97. The van der Waals surface area contributed by atoms with Gasteiger partial charge in [-0.05, 0) is 54.8 Å². The quantitative estimate of drug-likeness (QED) is 0.530. The number of carbonyl (C=O) groups excluding carboxylic acids is 2.